The number of aryl methyl sites for hydroxylation is 2. The highest BCUT2D eigenvalue weighted by Gasteiger charge is 2.21. The fourth-order valence-corrected chi connectivity index (χ4v) is 4.00. The van der Waals surface area contributed by atoms with E-state index in [0.717, 1.165) is 30.3 Å². The summed E-state index contributed by atoms with van der Waals surface area (Å²) < 4.78 is 0.521. The van der Waals surface area contributed by atoms with Gasteiger partial charge in [-0.1, -0.05) is 12.8 Å². The molecule has 1 saturated carbocycles. The standard InChI is InChI=1S/C20H24BrN5O2/c1-11-7-12(2)24-20(28)16(11)10-23-19(27)14-8-17(21)26-18(15(14)9-22)25-13-5-3-4-6-13/h7-9,13,22H,3-6,10H2,1-2H3,(H,23,27)(H,24,28)(H,25,26). The van der Waals surface area contributed by atoms with E-state index in [-0.39, 0.29) is 18.0 Å². The van der Waals surface area contributed by atoms with E-state index >= 15 is 0 Å². The second-order valence-electron chi connectivity index (χ2n) is 7.15. The molecule has 0 saturated heterocycles. The summed E-state index contributed by atoms with van der Waals surface area (Å²) in [5, 5.41) is 14.0. The summed E-state index contributed by atoms with van der Waals surface area (Å²) >= 11 is 3.36. The molecule has 0 aromatic carbocycles. The van der Waals surface area contributed by atoms with Crippen LogP contribution in [-0.2, 0) is 6.54 Å². The number of amides is 1. The lowest BCUT2D eigenvalue weighted by molar-refractivity contribution is 0.0950. The summed E-state index contributed by atoms with van der Waals surface area (Å²) in [6.45, 7) is 3.78. The van der Waals surface area contributed by atoms with E-state index in [1.165, 1.54) is 12.8 Å². The van der Waals surface area contributed by atoms with Crippen molar-refractivity contribution in [3.63, 3.8) is 0 Å². The zero-order valence-corrected chi connectivity index (χ0v) is 17.6. The van der Waals surface area contributed by atoms with Crippen LogP contribution in [0.25, 0.3) is 0 Å². The number of halogens is 1. The molecule has 4 N–H and O–H groups in total. The van der Waals surface area contributed by atoms with Crippen LogP contribution in [0.5, 0.6) is 0 Å². The molecule has 0 aliphatic heterocycles. The van der Waals surface area contributed by atoms with E-state index < -0.39 is 0 Å². The highest BCUT2D eigenvalue weighted by Crippen LogP contribution is 2.26. The second-order valence-corrected chi connectivity index (χ2v) is 7.96. The van der Waals surface area contributed by atoms with Crippen LogP contribution in [0, 0.1) is 19.3 Å². The second kappa shape index (κ2) is 8.68. The molecule has 0 spiro atoms. The summed E-state index contributed by atoms with van der Waals surface area (Å²) in [4.78, 5) is 32.2. The molecule has 2 heterocycles. The number of hydrogen-bond donors (Lipinski definition) is 4. The van der Waals surface area contributed by atoms with E-state index in [2.05, 4.69) is 36.5 Å². The van der Waals surface area contributed by atoms with Crippen molar-refractivity contribution in [3.05, 3.63) is 55.0 Å². The van der Waals surface area contributed by atoms with Gasteiger partial charge in [-0.25, -0.2) is 4.98 Å². The number of carbonyl (C=O) groups excluding carboxylic acids is 1. The molecule has 1 aliphatic carbocycles. The minimum Gasteiger partial charge on any atom is -0.367 e. The lowest BCUT2D eigenvalue weighted by atomic mass is 10.1. The van der Waals surface area contributed by atoms with Crippen LogP contribution in [-0.4, -0.2) is 28.1 Å². The van der Waals surface area contributed by atoms with Crippen molar-refractivity contribution in [1.29, 1.82) is 5.41 Å². The van der Waals surface area contributed by atoms with Crippen molar-refractivity contribution in [2.24, 2.45) is 0 Å². The normalized spacial score (nSPS) is 14.1. The Bertz CT molecular complexity index is 964. The van der Waals surface area contributed by atoms with Gasteiger partial charge in [0.25, 0.3) is 11.5 Å². The molecular formula is C20H24BrN5O2. The third-order valence-electron chi connectivity index (χ3n) is 5.03. The number of anilines is 1. The average Bonchev–Trinajstić information content (AvgIpc) is 3.13. The molecule has 7 nitrogen and oxygen atoms in total. The number of carbonyl (C=O) groups is 1. The minimum absolute atomic E-state index is 0.114. The highest BCUT2D eigenvalue weighted by atomic mass is 79.9. The monoisotopic (exact) mass is 445 g/mol. The van der Waals surface area contributed by atoms with Crippen molar-refractivity contribution in [2.75, 3.05) is 5.32 Å². The number of aromatic nitrogens is 2. The van der Waals surface area contributed by atoms with Crippen LogP contribution in [0.4, 0.5) is 5.82 Å². The van der Waals surface area contributed by atoms with Crippen molar-refractivity contribution in [1.82, 2.24) is 15.3 Å². The SMILES string of the molecule is Cc1cc(C)c(CNC(=O)c2cc(Br)nc(NC3CCCC3)c2C=N)c(=O)[nH]1. The van der Waals surface area contributed by atoms with Crippen molar-refractivity contribution in [2.45, 2.75) is 52.1 Å². The Morgan fingerprint density at radius 2 is 2.07 bits per heavy atom. The first-order chi connectivity index (χ1) is 13.4. The molecule has 0 unspecified atom stereocenters. The van der Waals surface area contributed by atoms with Gasteiger partial charge >= 0.3 is 0 Å². The predicted molar refractivity (Wildman–Crippen MR) is 113 cm³/mol. The number of nitrogens with one attached hydrogen (secondary N) is 4. The number of nitrogens with zero attached hydrogens (tertiary/aromatic N) is 1. The summed E-state index contributed by atoms with van der Waals surface area (Å²) in [5.74, 6) is 0.182. The molecule has 148 valence electrons. The maximum Gasteiger partial charge on any atom is 0.253 e. The van der Waals surface area contributed by atoms with E-state index in [0.29, 0.717) is 33.2 Å². The molecule has 1 aliphatic rings. The predicted octanol–water partition coefficient (Wildman–Crippen LogP) is 3.43. The Labute approximate surface area is 172 Å². The van der Waals surface area contributed by atoms with E-state index in [1.54, 1.807) is 6.07 Å². The lowest BCUT2D eigenvalue weighted by Gasteiger charge is -2.17. The molecule has 1 fully saturated rings. The number of rotatable bonds is 6. The van der Waals surface area contributed by atoms with Gasteiger partial charge in [-0.2, -0.15) is 0 Å². The first-order valence-corrected chi connectivity index (χ1v) is 10.1. The Kier molecular flexibility index (Phi) is 6.28. The van der Waals surface area contributed by atoms with Crippen molar-refractivity contribution in [3.8, 4) is 0 Å². The van der Waals surface area contributed by atoms with Gasteiger partial charge in [-0.3, -0.25) is 9.59 Å². The van der Waals surface area contributed by atoms with Crippen molar-refractivity contribution >= 4 is 33.9 Å². The van der Waals surface area contributed by atoms with E-state index in [1.807, 2.05) is 19.9 Å². The largest absolute Gasteiger partial charge is 0.367 e. The summed E-state index contributed by atoms with van der Waals surface area (Å²) in [5.41, 5.74) is 2.72. The van der Waals surface area contributed by atoms with Gasteiger partial charge in [0.05, 0.1) is 5.56 Å². The molecule has 3 rings (SSSR count). The molecule has 8 heteroatoms. The molecule has 0 atom stereocenters. The summed E-state index contributed by atoms with van der Waals surface area (Å²) in [7, 11) is 0. The van der Waals surface area contributed by atoms with Crippen LogP contribution >= 0.6 is 15.9 Å². The summed E-state index contributed by atoms with van der Waals surface area (Å²) in [6, 6.07) is 3.78. The van der Waals surface area contributed by atoms with Gasteiger partial charge in [0.1, 0.15) is 10.4 Å². The quantitative estimate of drug-likeness (QED) is 0.403. The van der Waals surface area contributed by atoms with Gasteiger partial charge in [-0.15, -0.1) is 0 Å². The van der Waals surface area contributed by atoms with E-state index in [9.17, 15) is 9.59 Å². The number of H-pyrrole nitrogens is 1. The Balaban J connectivity index is 1.84. The molecule has 2 aromatic heterocycles. The topological polar surface area (TPSA) is 111 Å². The smallest absolute Gasteiger partial charge is 0.253 e. The Hall–Kier alpha value is -2.48. The van der Waals surface area contributed by atoms with Gasteiger partial charge in [0, 0.05) is 35.6 Å². The number of hydrogen-bond acceptors (Lipinski definition) is 5. The third kappa shape index (κ3) is 4.49. The van der Waals surface area contributed by atoms with Crippen LogP contribution in [0.15, 0.2) is 21.5 Å². The maximum atomic E-state index is 12.8. The first-order valence-electron chi connectivity index (χ1n) is 9.34. The lowest BCUT2D eigenvalue weighted by Crippen LogP contribution is -2.29. The number of aromatic amines is 1. The summed E-state index contributed by atoms with van der Waals surface area (Å²) in [6.07, 6.45) is 5.60. The van der Waals surface area contributed by atoms with Crippen LogP contribution < -0.4 is 16.2 Å². The van der Waals surface area contributed by atoms with Crippen LogP contribution in [0.3, 0.4) is 0 Å². The van der Waals surface area contributed by atoms with Crippen LogP contribution in [0.2, 0.25) is 0 Å². The Morgan fingerprint density at radius 3 is 2.71 bits per heavy atom. The number of pyridine rings is 2. The van der Waals surface area contributed by atoms with Gasteiger partial charge in [0.2, 0.25) is 0 Å². The third-order valence-corrected chi connectivity index (χ3v) is 5.44. The fourth-order valence-electron chi connectivity index (χ4n) is 3.60. The minimum atomic E-state index is -0.351. The molecule has 0 bridgehead atoms. The molecule has 1 amide bonds. The van der Waals surface area contributed by atoms with Gasteiger partial charge < -0.3 is 21.0 Å². The molecular weight excluding hydrogens is 422 g/mol. The first kappa shape index (κ1) is 20.3. The maximum absolute atomic E-state index is 12.8. The van der Waals surface area contributed by atoms with Crippen LogP contribution in [0.1, 0.15) is 58.4 Å². The zero-order chi connectivity index (χ0) is 20.3. The zero-order valence-electron chi connectivity index (χ0n) is 16.0. The van der Waals surface area contributed by atoms with Gasteiger partial charge in [-0.05, 0) is 60.3 Å². The molecule has 0 radical (unpaired) electrons. The molecule has 28 heavy (non-hydrogen) atoms. The van der Waals surface area contributed by atoms with Crippen molar-refractivity contribution < 1.29 is 4.79 Å². The molecule has 2 aromatic rings. The fraction of sp³-hybridized carbons (Fsp3) is 0.400. The average molecular weight is 446 g/mol. The van der Waals surface area contributed by atoms with E-state index in [4.69, 9.17) is 5.41 Å². The Morgan fingerprint density at radius 1 is 1.36 bits per heavy atom. The highest BCUT2D eigenvalue weighted by molar-refractivity contribution is 9.10. The van der Waals surface area contributed by atoms with Gasteiger partial charge in [0.15, 0.2) is 0 Å².